The molecular formula is C59H91N3O19. The van der Waals surface area contributed by atoms with E-state index in [2.05, 4.69) is 16.0 Å². The summed E-state index contributed by atoms with van der Waals surface area (Å²) in [5.41, 5.74) is 0.700. The Bertz CT molecular complexity index is 2350. The molecule has 5 rings (SSSR count). The van der Waals surface area contributed by atoms with Crippen LogP contribution in [-0.2, 0) is 96.8 Å². The molecule has 1 aromatic carbocycles. The first-order valence-electron chi connectivity index (χ1n) is 28.5. The first kappa shape index (κ1) is 66.9. The van der Waals surface area contributed by atoms with Crippen molar-refractivity contribution < 1.29 is 90.3 Å². The number of carbonyl (C=O) groups is 6. The van der Waals surface area contributed by atoms with E-state index in [1.54, 1.807) is 55.6 Å². The normalized spacial score (nSPS) is 32.0. The number of aromatic nitrogens is 1. The number of cyclic esters (lactones) is 1. The van der Waals surface area contributed by atoms with E-state index in [0.29, 0.717) is 26.1 Å². The smallest absolute Gasteiger partial charge is 0.309 e. The Labute approximate surface area is 478 Å². The van der Waals surface area contributed by atoms with Crippen LogP contribution in [0.4, 0.5) is 0 Å². The van der Waals surface area contributed by atoms with Crippen LogP contribution in [0.25, 0.3) is 10.9 Å². The maximum absolute atomic E-state index is 14.2. The van der Waals surface area contributed by atoms with Crippen LogP contribution in [0.5, 0.6) is 0 Å². The number of esters is 6. The van der Waals surface area contributed by atoms with E-state index in [0.717, 1.165) is 29.3 Å². The lowest BCUT2D eigenvalue weighted by Crippen LogP contribution is -2.67. The molecule has 0 bridgehead atoms. The van der Waals surface area contributed by atoms with E-state index in [1.807, 2.05) is 42.3 Å². The van der Waals surface area contributed by atoms with Crippen molar-refractivity contribution in [2.24, 2.45) is 11.8 Å². The number of rotatable bonds is 21. The quantitative estimate of drug-likeness (QED) is 0.0760. The lowest BCUT2D eigenvalue weighted by atomic mass is 9.81. The molecule has 0 radical (unpaired) electrons. The van der Waals surface area contributed by atoms with Crippen LogP contribution in [0, 0.1) is 11.8 Å². The fraction of sp³-hybridized carbons (Fsp3) is 0.746. The molecule has 22 nitrogen and oxygen atoms in total. The van der Waals surface area contributed by atoms with Gasteiger partial charge in [0.25, 0.3) is 0 Å². The van der Waals surface area contributed by atoms with Gasteiger partial charge in [0.05, 0.1) is 36.3 Å². The minimum absolute atomic E-state index is 0.0329. The first-order valence-corrected chi connectivity index (χ1v) is 28.5. The number of fused-ring (bicyclic) bond motifs is 1. The van der Waals surface area contributed by atoms with Crippen molar-refractivity contribution >= 4 is 46.7 Å². The number of pyridine rings is 1. The third kappa shape index (κ3) is 19.1. The standard InChI is InChI=1S/C59H91N3O19/c1-16-47(66)77-45-31-49(68)72-35(4)25-28-62(27-20-21-41-24-26-60-44-23-19-18-22-43(41)44)33-46(75-38(7)63)34(3)29-42(30-50(69-13)70-14)54(55(45)71-15)80-58-56(76-39(8)64)52(61(11)12)53(36(5)74-58)79-51-32-59(10,81-40(9)65)57(37(6)73-51)78-48(67)17-2/h18-19,22-24,26,34-37,42,45-46,50-58H,16-17,20-21,25,27-33H2,1-15H3/t34-,35-,36?,37?,42-,45-,46+,51?,52?,53?,54+,55?,56?,57?,58?,59?/m1/s1. The average Bonchev–Trinajstić information content (AvgIpc) is 3.53. The van der Waals surface area contributed by atoms with Gasteiger partial charge in [-0.1, -0.05) is 39.0 Å². The Kier molecular flexibility index (Phi) is 26.1. The minimum Gasteiger partial charge on any atom is -0.463 e. The van der Waals surface area contributed by atoms with E-state index in [4.69, 9.17) is 61.6 Å². The van der Waals surface area contributed by atoms with Crippen molar-refractivity contribution in [3.63, 3.8) is 0 Å². The summed E-state index contributed by atoms with van der Waals surface area (Å²) >= 11 is 0. The number of nitrogens with zero attached hydrogens (tertiary/aromatic N) is 3. The second-order valence-electron chi connectivity index (χ2n) is 22.1. The van der Waals surface area contributed by atoms with Gasteiger partial charge in [0.1, 0.15) is 30.5 Å². The van der Waals surface area contributed by atoms with Crippen molar-refractivity contribution in [3.05, 3.63) is 42.1 Å². The van der Waals surface area contributed by atoms with Gasteiger partial charge in [0.15, 0.2) is 36.7 Å². The van der Waals surface area contributed by atoms with Crippen LogP contribution in [0.15, 0.2) is 36.5 Å². The topological polar surface area (TPSA) is 242 Å². The van der Waals surface area contributed by atoms with Gasteiger partial charge in [0, 0.05) is 92.5 Å². The molecule has 0 saturated carbocycles. The average molecular weight is 1150 g/mol. The van der Waals surface area contributed by atoms with E-state index < -0.39 is 146 Å². The van der Waals surface area contributed by atoms with E-state index in [-0.39, 0.29) is 32.1 Å². The monoisotopic (exact) mass is 1150 g/mol. The molecule has 0 N–H and O–H groups in total. The highest BCUT2D eigenvalue weighted by molar-refractivity contribution is 5.81. The highest BCUT2D eigenvalue weighted by Gasteiger charge is 2.56. The minimum atomic E-state index is -1.40. The van der Waals surface area contributed by atoms with Crippen LogP contribution in [0.1, 0.15) is 126 Å². The van der Waals surface area contributed by atoms with Crippen molar-refractivity contribution in [3.8, 4) is 0 Å². The number of para-hydroxylation sites is 1. The Morgan fingerprint density at radius 1 is 0.802 bits per heavy atom. The van der Waals surface area contributed by atoms with Crippen LogP contribution < -0.4 is 0 Å². The van der Waals surface area contributed by atoms with Gasteiger partial charge in [-0.25, -0.2) is 0 Å². The Balaban J connectivity index is 1.59. The van der Waals surface area contributed by atoms with Gasteiger partial charge in [-0.2, -0.15) is 0 Å². The highest BCUT2D eigenvalue weighted by atomic mass is 16.7. The van der Waals surface area contributed by atoms with Gasteiger partial charge in [0.2, 0.25) is 0 Å². The molecule has 4 heterocycles. The van der Waals surface area contributed by atoms with Crippen molar-refractivity contribution in [1.82, 2.24) is 14.8 Å². The SMILES string of the molecule is CCC(=O)OC1C(C)OC(OC2C(C)OC(O[C@@H]3C(OC)[C@H](OC(=O)CC)CC(=O)O[C@H](C)CCN(CCCc4ccnc5ccccc45)C[C@H](OC(C)=O)[C@H](C)C[C@@H]3CC(OC)OC)C(OC(C)=O)C2N(C)C)CC1(C)OC(C)=O. The summed E-state index contributed by atoms with van der Waals surface area (Å²) in [7, 11) is 7.97. The van der Waals surface area contributed by atoms with Gasteiger partial charge in [-0.05, 0) is 104 Å². The van der Waals surface area contributed by atoms with Gasteiger partial charge < -0.3 is 66.5 Å². The third-order valence-electron chi connectivity index (χ3n) is 15.4. The molecule has 2 aromatic rings. The van der Waals surface area contributed by atoms with Crippen molar-refractivity contribution in [1.29, 1.82) is 0 Å². The second-order valence-corrected chi connectivity index (χ2v) is 22.1. The number of hydrogen-bond acceptors (Lipinski definition) is 22. The first-order chi connectivity index (χ1) is 38.4. The van der Waals surface area contributed by atoms with Gasteiger partial charge >= 0.3 is 35.8 Å². The Morgan fingerprint density at radius 3 is 2.11 bits per heavy atom. The molecule has 3 aliphatic heterocycles. The number of ether oxygens (including phenoxy) is 13. The molecule has 3 saturated heterocycles. The maximum atomic E-state index is 14.2. The summed E-state index contributed by atoms with van der Waals surface area (Å²) in [6.07, 6.45) is -9.32. The number of hydrogen-bond donors (Lipinski definition) is 0. The number of methoxy groups -OCH3 is 3. The lowest BCUT2D eigenvalue weighted by Gasteiger charge is -2.51. The molecular weight excluding hydrogens is 1050 g/mol. The molecule has 16 atom stereocenters. The summed E-state index contributed by atoms with van der Waals surface area (Å²) in [5, 5.41) is 1.08. The van der Waals surface area contributed by atoms with E-state index in [1.165, 1.54) is 42.1 Å². The number of carbonyl (C=O) groups excluding carboxylic acids is 6. The van der Waals surface area contributed by atoms with E-state index >= 15 is 0 Å². The third-order valence-corrected chi connectivity index (χ3v) is 15.4. The van der Waals surface area contributed by atoms with Crippen LogP contribution >= 0.6 is 0 Å². The largest absolute Gasteiger partial charge is 0.463 e. The molecule has 3 fully saturated rings. The summed E-state index contributed by atoms with van der Waals surface area (Å²) in [4.78, 5) is 87.9. The van der Waals surface area contributed by atoms with Crippen LogP contribution in [0.2, 0.25) is 0 Å². The summed E-state index contributed by atoms with van der Waals surface area (Å²) < 4.78 is 81.6. The zero-order valence-corrected chi connectivity index (χ0v) is 50.3. The molecule has 22 heteroatoms. The zero-order chi connectivity index (χ0) is 59.7. The van der Waals surface area contributed by atoms with Gasteiger partial charge in [-0.3, -0.25) is 38.7 Å². The summed E-state index contributed by atoms with van der Waals surface area (Å²) in [6.45, 7) is 17.5. The summed E-state index contributed by atoms with van der Waals surface area (Å²) in [6, 6.07) is 9.22. The summed E-state index contributed by atoms with van der Waals surface area (Å²) in [5.74, 6) is -4.61. The van der Waals surface area contributed by atoms with Crippen LogP contribution in [0.3, 0.4) is 0 Å². The Hall–Kier alpha value is -4.91. The molecule has 81 heavy (non-hydrogen) atoms. The second kappa shape index (κ2) is 31.7. The highest BCUT2D eigenvalue weighted by Crippen LogP contribution is 2.41. The molecule has 0 amide bonds. The predicted molar refractivity (Wildman–Crippen MR) is 294 cm³/mol. The predicted octanol–water partition coefficient (Wildman–Crippen LogP) is 6.27. The molecule has 3 aliphatic rings. The van der Waals surface area contributed by atoms with Gasteiger partial charge in [-0.15, -0.1) is 0 Å². The molecule has 456 valence electrons. The number of aryl methyl sites for hydroxylation is 1. The zero-order valence-electron chi connectivity index (χ0n) is 50.3. The number of benzene rings is 1. The lowest BCUT2D eigenvalue weighted by molar-refractivity contribution is -0.346. The molecule has 10 unspecified atom stereocenters. The Morgan fingerprint density at radius 2 is 1.48 bits per heavy atom. The van der Waals surface area contributed by atoms with E-state index in [9.17, 15) is 28.8 Å². The fourth-order valence-corrected chi connectivity index (χ4v) is 11.6. The fourth-order valence-electron chi connectivity index (χ4n) is 11.6. The number of likely N-dealkylation sites (N-methyl/N-ethyl adjacent to an activating group) is 1. The van der Waals surface area contributed by atoms with Crippen molar-refractivity contribution in [2.75, 3.05) is 55.1 Å². The molecule has 1 aromatic heterocycles. The van der Waals surface area contributed by atoms with Crippen molar-refractivity contribution in [2.45, 2.75) is 219 Å². The maximum Gasteiger partial charge on any atom is 0.309 e. The molecule has 0 spiro atoms. The van der Waals surface area contributed by atoms with Crippen LogP contribution in [-0.4, -0.2) is 197 Å². The molecule has 0 aliphatic carbocycles.